The average Bonchev–Trinajstić information content (AvgIpc) is 2.03. The van der Waals surface area contributed by atoms with E-state index in [2.05, 4.69) is 9.96 Å². The molecule has 0 fully saturated rings. The van der Waals surface area contributed by atoms with Crippen LogP contribution < -0.4 is 9.96 Å². The molecule has 0 aromatic rings. The molecule has 0 unspecified atom stereocenters. The highest BCUT2D eigenvalue weighted by atomic mass is 28.2. The van der Waals surface area contributed by atoms with E-state index in [0.717, 1.165) is 26.3 Å². The summed E-state index contributed by atoms with van der Waals surface area (Å²) in [5.74, 6) is 0. The van der Waals surface area contributed by atoms with Gasteiger partial charge in [0.2, 0.25) is 0 Å². The highest BCUT2D eigenvalue weighted by molar-refractivity contribution is 6.28. The lowest BCUT2D eigenvalue weighted by Gasteiger charge is -2.04. The van der Waals surface area contributed by atoms with Crippen molar-refractivity contribution in [1.29, 1.82) is 0 Å². The molecule has 0 saturated carbocycles. The van der Waals surface area contributed by atoms with E-state index in [-0.39, 0.29) is 9.84 Å². The van der Waals surface area contributed by atoms with E-state index in [1.165, 1.54) is 0 Å². The Morgan fingerprint density at radius 1 is 1.00 bits per heavy atom. The topological polar surface area (TPSA) is 42.5 Å². The number of rotatable bonds is 8. The van der Waals surface area contributed by atoms with E-state index in [0.29, 0.717) is 0 Å². The molecular weight excluding hydrogens is 160 g/mol. The lowest BCUT2D eigenvalue weighted by atomic mass is 10.7. The molecule has 11 heavy (non-hydrogen) atoms. The molecular formula is C6H18N2O2Si. The van der Waals surface area contributed by atoms with Crippen molar-refractivity contribution >= 4 is 9.84 Å². The number of hydrogen-bond donors (Lipinski definition) is 2. The normalized spacial score (nSPS) is 10.4. The molecule has 0 spiro atoms. The summed E-state index contributed by atoms with van der Waals surface area (Å²) in [6.07, 6.45) is 0. The zero-order valence-electron chi connectivity index (χ0n) is 7.35. The maximum absolute atomic E-state index is 4.88. The van der Waals surface area contributed by atoms with Crippen LogP contribution in [-0.2, 0) is 9.47 Å². The van der Waals surface area contributed by atoms with Gasteiger partial charge in [0.25, 0.3) is 0 Å². The van der Waals surface area contributed by atoms with Crippen LogP contribution in [0.5, 0.6) is 0 Å². The number of ether oxygens (including phenoxy) is 2. The maximum Gasteiger partial charge on any atom is 0.167 e. The summed E-state index contributed by atoms with van der Waals surface area (Å²) in [4.78, 5) is 6.58. The van der Waals surface area contributed by atoms with E-state index < -0.39 is 0 Å². The largest absolute Gasteiger partial charge is 0.383 e. The third-order valence-corrected chi connectivity index (χ3v) is 2.42. The second kappa shape index (κ2) is 10.1. The van der Waals surface area contributed by atoms with Crippen LogP contribution in [0.4, 0.5) is 0 Å². The predicted octanol–water partition coefficient (Wildman–Crippen LogP) is -1.54. The molecule has 5 heteroatoms. The summed E-state index contributed by atoms with van der Waals surface area (Å²) in [5, 5.41) is 0. The quantitative estimate of drug-likeness (QED) is 0.349. The molecule has 0 atom stereocenters. The molecule has 0 aliphatic rings. The Morgan fingerprint density at radius 3 is 1.82 bits per heavy atom. The van der Waals surface area contributed by atoms with Crippen molar-refractivity contribution in [3.05, 3.63) is 0 Å². The van der Waals surface area contributed by atoms with Gasteiger partial charge >= 0.3 is 0 Å². The van der Waals surface area contributed by atoms with E-state index >= 15 is 0 Å². The highest BCUT2D eigenvalue weighted by Crippen LogP contribution is 1.62. The summed E-state index contributed by atoms with van der Waals surface area (Å²) >= 11 is 0. The van der Waals surface area contributed by atoms with Crippen molar-refractivity contribution in [2.75, 3.05) is 40.5 Å². The van der Waals surface area contributed by atoms with Gasteiger partial charge in [0.1, 0.15) is 0 Å². The summed E-state index contributed by atoms with van der Waals surface area (Å²) in [7, 11) is 3.13. The Labute approximate surface area is 70.6 Å². The van der Waals surface area contributed by atoms with E-state index in [9.17, 15) is 0 Å². The van der Waals surface area contributed by atoms with Crippen LogP contribution in [0.3, 0.4) is 0 Å². The molecule has 0 aromatic carbocycles. The van der Waals surface area contributed by atoms with Crippen molar-refractivity contribution in [2.24, 2.45) is 0 Å². The van der Waals surface area contributed by atoms with Gasteiger partial charge in [0.05, 0.1) is 13.2 Å². The van der Waals surface area contributed by atoms with Crippen LogP contribution in [0, 0.1) is 0 Å². The van der Waals surface area contributed by atoms with Gasteiger partial charge in [-0.05, 0) is 0 Å². The van der Waals surface area contributed by atoms with Gasteiger partial charge in [-0.1, -0.05) is 0 Å². The molecule has 0 aliphatic heterocycles. The zero-order chi connectivity index (χ0) is 8.36. The number of nitrogens with one attached hydrogen (secondary N) is 2. The molecule has 0 saturated heterocycles. The Balaban J connectivity index is 2.69. The van der Waals surface area contributed by atoms with Crippen LogP contribution in [0.2, 0.25) is 0 Å². The van der Waals surface area contributed by atoms with Crippen LogP contribution in [-0.4, -0.2) is 50.4 Å². The first-order valence-electron chi connectivity index (χ1n) is 3.81. The van der Waals surface area contributed by atoms with E-state index in [1.54, 1.807) is 14.2 Å². The maximum atomic E-state index is 4.88. The third-order valence-electron chi connectivity index (χ3n) is 1.22. The summed E-state index contributed by atoms with van der Waals surface area (Å²) in [6.45, 7) is 3.48. The van der Waals surface area contributed by atoms with E-state index in [4.69, 9.17) is 9.47 Å². The molecule has 0 heterocycles. The fourth-order valence-corrected chi connectivity index (χ4v) is 1.43. The van der Waals surface area contributed by atoms with Crippen molar-refractivity contribution in [2.45, 2.75) is 0 Å². The monoisotopic (exact) mass is 178 g/mol. The van der Waals surface area contributed by atoms with Gasteiger partial charge in [-0.3, -0.25) is 0 Å². The Bertz CT molecular complexity index is 67.6. The van der Waals surface area contributed by atoms with Crippen LogP contribution in [0.25, 0.3) is 0 Å². The molecule has 0 aromatic heterocycles. The van der Waals surface area contributed by atoms with Gasteiger partial charge in [-0.2, -0.15) is 0 Å². The van der Waals surface area contributed by atoms with E-state index in [1.807, 2.05) is 0 Å². The molecule has 2 N–H and O–H groups in total. The first kappa shape index (κ1) is 11.1. The second-order valence-corrected chi connectivity index (χ2v) is 3.52. The molecule has 0 rings (SSSR count). The Kier molecular flexibility index (Phi) is 10.1. The molecule has 0 amide bonds. The average molecular weight is 178 g/mol. The minimum atomic E-state index is -0.289. The van der Waals surface area contributed by atoms with Gasteiger partial charge in [-0.15, -0.1) is 0 Å². The SMILES string of the molecule is COCCN[SiH2]NCCOC. The molecule has 4 nitrogen and oxygen atoms in total. The van der Waals surface area contributed by atoms with Gasteiger partial charge in [0.15, 0.2) is 9.84 Å². The zero-order valence-corrected chi connectivity index (χ0v) is 8.77. The smallest absolute Gasteiger partial charge is 0.167 e. The highest BCUT2D eigenvalue weighted by Gasteiger charge is 1.86. The minimum Gasteiger partial charge on any atom is -0.383 e. The molecule has 68 valence electrons. The van der Waals surface area contributed by atoms with Crippen molar-refractivity contribution in [3.63, 3.8) is 0 Å². The standard InChI is InChI=1S/C6H18N2O2Si/c1-9-5-3-7-11-8-4-6-10-2/h7-8H,3-6,11H2,1-2H3. The Hall–Kier alpha value is 0.0569. The predicted molar refractivity (Wildman–Crippen MR) is 48.3 cm³/mol. The van der Waals surface area contributed by atoms with Gasteiger partial charge in [-0.25, -0.2) is 0 Å². The second-order valence-electron chi connectivity index (χ2n) is 2.16. The van der Waals surface area contributed by atoms with Crippen molar-refractivity contribution < 1.29 is 9.47 Å². The van der Waals surface area contributed by atoms with Crippen LogP contribution >= 0.6 is 0 Å². The molecule has 0 bridgehead atoms. The third kappa shape index (κ3) is 10.1. The number of hydrogen-bond acceptors (Lipinski definition) is 4. The summed E-state index contributed by atoms with van der Waals surface area (Å²) in [6, 6.07) is 0. The summed E-state index contributed by atoms with van der Waals surface area (Å²) < 4.78 is 9.75. The first-order valence-corrected chi connectivity index (χ1v) is 5.22. The lowest BCUT2D eigenvalue weighted by Crippen LogP contribution is -2.36. The van der Waals surface area contributed by atoms with Crippen molar-refractivity contribution in [3.8, 4) is 0 Å². The van der Waals surface area contributed by atoms with Crippen molar-refractivity contribution in [1.82, 2.24) is 9.96 Å². The van der Waals surface area contributed by atoms with Crippen LogP contribution in [0.15, 0.2) is 0 Å². The fraction of sp³-hybridized carbons (Fsp3) is 1.00. The van der Waals surface area contributed by atoms with Gasteiger partial charge in [0, 0.05) is 27.3 Å². The molecule has 0 aliphatic carbocycles. The number of methoxy groups -OCH3 is 2. The Morgan fingerprint density at radius 2 is 1.45 bits per heavy atom. The molecule has 0 radical (unpaired) electrons. The van der Waals surface area contributed by atoms with Crippen LogP contribution in [0.1, 0.15) is 0 Å². The van der Waals surface area contributed by atoms with Gasteiger partial charge < -0.3 is 19.4 Å². The summed E-state index contributed by atoms with van der Waals surface area (Å²) in [5.41, 5.74) is 0. The fourth-order valence-electron chi connectivity index (χ4n) is 0.614. The lowest BCUT2D eigenvalue weighted by molar-refractivity contribution is 0.202. The minimum absolute atomic E-state index is 0.289. The first-order chi connectivity index (χ1) is 5.41.